The van der Waals surface area contributed by atoms with E-state index in [1.165, 1.54) is 19.3 Å². The Morgan fingerprint density at radius 2 is 1.71 bits per heavy atom. The van der Waals surface area contributed by atoms with Crippen molar-refractivity contribution in [2.75, 3.05) is 0 Å². The summed E-state index contributed by atoms with van der Waals surface area (Å²) < 4.78 is 5.56. The molecule has 0 aromatic carbocycles. The standard InChI is InChI=1S/C15H28O2/c1-8-9-10-11-14(4,5)15(6,7)17-13(16)12(2)3/h2,8-11H2,1,3-7H3. The number of esters is 1. The molecule has 0 atom stereocenters. The smallest absolute Gasteiger partial charge is 0.333 e. The van der Waals surface area contributed by atoms with Gasteiger partial charge >= 0.3 is 5.97 Å². The van der Waals surface area contributed by atoms with Crippen LogP contribution in [0.15, 0.2) is 12.2 Å². The molecule has 2 heteroatoms. The number of hydrogen-bond donors (Lipinski definition) is 0. The minimum atomic E-state index is -0.462. The molecule has 0 aliphatic carbocycles. The van der Waals surface area contributed by atoms with Crippen LogP contribution in [0.25, 0.3) is 0 Å². The topological polar surface area (TPSA) is 26.3 Å². The fraction of sp³-hybridized carbons (Fsp3) is 0.800. The summed E-state index contributed by atoms with van der Waals surface area (Å²) in [6.07, 6.45) is 4.69. The molecule has 0 spiro atoms. The van der Waals surface area contributed by atoms with Crippen LogP contribution in [0.3, 0.4) is 0 Å². The van der Waals surface area contributed by atoms with E-state index >= 15 is 0 Å². The van der Waals surface area contributed by atoms with E-state index < -0.39 is 5.60 Å². The third-order valence-corrected chi connectivity index (χ3v) is 3.73. The van der Waals surface area contributed by atoms with E-state index in [1.807, 2.05) is 13.8 Å². The molecular formula is C15H28O2. The zero-order valence-electron chi connectivity index (χ0n) is 12.4. The van der Waals surface area contributed by atoms with Gasteiger partial charge in [0.1, 0.15) is 5.60 Å². The number of unbranched alkanes of at least 4 members (excludes halogenated alkanes) is 2. The number of carbonyl (C=O) groups excluding carboxylic acids is 1. The molecule has 0 saturated carbocycles. The van der Waals surface area contributed by atoms with Gasteiger partial charge in [-0.3, -0.25) is 0 Å². The van der Waals surface area contributed by atoms with Crippen molar-refractivity contribution in [2.24, 2.45) is 5.41 Å². The van der Waals surface area contributed by atoms with Gasteiger partial charge in [-0.25, -0.2) is 4.79 Å². The molecule has 0 rings (SSSR count). The summed E-state index contributed by atoms with van der Waals surface area (Å²) in [6.45, 7) is 15.8. The van der Waals surface area contributed by atoms with E-state index in [1.54, 1.807) is 6.92 Å². The maximum atomic E-state index is 11.6. The van der Waals surface area contributed by atoms with Crippen molar-refractivity contribution < 1.29 is 9.53 Å². The van der Waals surface area contributed by atoms with Gasteiger partial charge in [-0.05, 0) is 27.2 Å². The Hall–Kier alpha value is -0.790. The lowest BCUT2D eigenvalue weighted by Crippen LogP contribution is -2.43. The van der Waals surface area contributed by atoms with Crippen LogP contribution >= 0.6 is 0 Å². The van der Waals surface area contributed by atoms with Crippen LogP contribution in [0.5, 0.6) is 0 Å². The zero-order chi connectivity index (χ0) is 13.7. The first-order valence-corrected chi connectivity index (χ1v) is 6.53. The van der Waals surface area contributed by atoms with Gasteiger partial charge < -0.3 is 4.74 Å². The maximum Gasteiger partial charge on any atom is 0.333 e. The number of ether oxygens (including phenoxy) is 1. The largest absolute Gasteiger partial charge is 0.456 e. The van der Waals surface area contributed by atoms with E-state index in [9.17, 15) is 4.79 Å². The molecule has 0 fully saturated rings. The van der Waals surface area contributed by atoms with Crippen molar-refractivity contribution in [3.05, 3.63) is 12.2 Å². The zero-order valence-corrected chi connectivity index (χ0v) is 12.4. The van der Waals surface area contributed by atoms with E-state index in [2.05, 4.69) is 27.4 Å². The summed E-state index contributed by atoms with van der Waals surface area (Å²) in [7, 11) is 0. The van der Waals surface area contributed by atoms with Gasteiger partial charge in [0.15, 0.2) is 0 Å². The first-order valence-electron chi connectivity index (χ1n) is 6.53. The monoisotopic (exact) mass is 240 g/mol. The van der Waals surface area contributed by atoms with Crippen molar-refractivity contribution in [3.8, 4) is 0 Å². The third-order valence-electron chi connectivity index (χ3n) is 3.73. The number of carbonyl (C=O) groups is 1. The van der Waals surface area contributed by atoms with Gasteiger partial charge in [-0.1, -0.05) is 46.6 Å². The van der Waals surface area contributed by atoms with E-state index in [0.717, 1.165) is 6.42 Å². The number of rotatable bonds is 7. The highest BCUT2D eigenvalue weighted by atomic mass is 16.6. The van der Waals surface area contributed by atoms with Crippen molar-refractivity contribution in [1.29, 1.82) is 0 Å². The molecule has 0 radical (unpaired) electrons. The fourth-order valence-corrected chi connectivity index (χ4v) is 1.57. The summed E-state index contributed by atoms with van der Waals surface area (Å²) in [5.74, 6) is -0.293. The second-order valence-corrected chi connectivity index (χ2v) is 6.02. The summed E-state index contributed by atoms with van der Waals surface area (Å²) in [6, 6.07) is 0. The van der Waals surface area contributed by atoms with Gasteiger partial charge in [-0.2, -0.15) is 0 Å². The Labute approximate surface area is 106 Å². The molecule has 0 amide bonds. The summed E-state index contributed by atoms with van der Waals surface area (Å²) in [5, 5.41) is 0. The van der Waals surface area contributed by atoms with Crippen molar-refractivity contribution in [3.63, 3.8) is 0 Å². The lowest BCUT2D eigenvalue weighted by atomic mass is 9.73. The Bertz CT molecular complexity index is 275. The molecule has 0 aromatic rings. The average Bonchev–Trinajstić information content (AvgIpc) is 2.16. The van der Waals surface area contributed by atoms with Crippen LogP contribution < -0.4 is 0 Å². The molecular weight excluding hydrogens is 212 g/mol. The normalized spacial score (nSPS) is 12.4. The lowest BCUT2D eigenvalue weighted by Gasteiger charge is -2.41. The summed E-state index contributed by atoms with van der Waals surface area (Å²) in [5.41, 5.74) is -0.0215. The second kappa shape index (κ2) is 6.23. The summed E-state index contributed by atoms with van der Waals surface area (Å²) >= 11 is 0. The molecule has 100 valence electrons. The summed E-state index contributed by atoms with van der Waals surface area (Å²) in [4.78, 5) is 11.6. The molecule has 0 heterocycles. The first kappa shape index (κ1) is 16.2. The van der Waals surface area contributed by atoms with Gasteiger partial charge in [0, 0.05) is 11.0 Å². The van der Waals surface area contributed by atoms with Crippen LogP contribution in [0, 0.1) is 5.41 Å². The minimum Gasteiger partial charge on any atom is -0.456 e. The van der Waals surface area contributed by atoms with Crippen molar-refractivity contribution in [2.45, 2.75) is 72.8 Å². The van der Waals surface area contributed by atoms with Crippen LogP contribution in [0.2, 0.25) is 0 Å². The Balaban J connectivity index is 4.54. The Morgan fingerprint density at radius 1 is 1.18 bits per heavy atom. The molecule has 0 N–H and O–H groups in total. The molecule has 0 aromatic heterocycles. The molecule has 0 aliphatic heterocycles. The Kier molecular flexibility index (Phi) is 5.94. The predicted octanol–water partition coefficient (Wildman–Crippen LogP) is 4.49. The van der Waals surface area contributed by atoms with Crippen LogP contribution in [0.1, 0.15) is 67.2 Å². The first-order chi connectivity index (χ1) is 7.64. The quantitative estimate of drug-likeness (QED) is 0.372. The number of hydrogen-bond acceptors (Lipinski definition) is 2. The van der Waals surface area contributed by atoms with Crippen LogP contribution in [0.4, 0.5) is 0 Å². The van der Waals surface area contributed by atoms with E-state index in [4.69, 9.17) is 4.74 Å². The molecule has 0 unspecified atom stereocenters. The molecule has 17 heavy (non-hydrogen) atoms. The highest BCUT2D eigenvalue weighted by Gasteiger charge is 2.39. The van der Waals surface area contributed by atoms with Gasteiger partial charge in [0.2, 0.25) is 0 Å². The minimum absolute atomic E-state index is 0.0206. The SMILES string of the molecule is C=C(C)C(=O)OC(C)(C)C(C)(C)CCCCC. The van der Waals surface area contributed by atoms with Crippen molar-refractivity contribution in [1.82, 2.24) is 0 Å². The maximum absolute atomic E-state index is 11.6. The lowest BCUT2D eigenvalue weighted by molar-refractivity contribution is -0.164. The molecule has 2 nitrogen and oxygen atoms in total. The van der Waals surface area contributed by atoms with E-state index in [-0.39, 0.29) is 11.4 Å². The van der Waals surface area contributed by atoms with Crippen LogP contribution in [-0.4, -0.2) is 11.6 Å². The molecule has 0 aliphatic rings. The van der Waals surface area contributed by atoms with Gasteiger partial charge in [0.25, 0.3) is 0 Å². The Morgan fingerprint density at radius 3 is 2.12 bits per heavy atom. The highest BCUT2D eigenvalue weighted by Crippen LogP contribution is 2.38. The second-order valence-electron chi connectivity index (χ2n) is 6.02. The molecule has 0 saturated heterocycles. The highest BCUT2D eigenvalue weighted by molar-refractivity contribution is 5.87. The van der Waals surface area contributed by atoms with Gasteiger partial charge in [-0.15, -0.1) is 0 Å². The average molecular weight is 240 g/mol. The van der Waals surface area contributed by atoms with Crippen LogP contribution in [-0.2, 0) is 9.53 Å². The van der Waals surface area contributed by atoms with Crippen molar-refractivity contribution >= 4 is 5.97 Å². The van der Waals surface area contributed by atoms with Gasteiger partial charge in [0.05, 0.1) is 0 Å². The van der Waals surface area contributed by atoms with E-state index in [0.29, 0.717) is 5.57 Å². The molecule has 0 bridgehead atoms. The third kappa shape index (κ3) is 4.93. The fourth-order valence-electron chi connectivity index (χ4n) is 1.57. The predicted molar refractivity (Wildman–Crippen MR) is 72.9 cm³/mol.